The number of likely N-dealkylation sites (N-methyl/N-ethyl adjacent to an activating group) is 1. The minimum Gasteiger partial charge on any atom is -0.308 e. The average molecular weight is 361 g/mol. The highest BCUT2D eigenvalue weighted by molar-refractivity contribution is 7.22. The van der Waals surface area contributed by atoms with E-state index in [1.165, 1.54) is 17.4 Å². The lowest BCUT2D eigenvalue weighted by molar-refractivity contribution is 0.0976. The number of aromatic nitrogens is 3. The smallest absolute Gasteiger partial charge is 0.278 e. The molecule has 0 N–H and O–H groups in total. The Bertz CT molecular complexity index is 917. The SMILES string of the molecule is Cc1cc(C(=O)N(CCN(C)C)c2nc3c(F)cccc3s2)n(C)n1. The van der Waals surface area contributed by atoms with E-state index < -0.39 is 0 Å². The van der Waals surface area contributed by atoms with Gasteiger partial charge in [0.05, 0.1) is 10.4 Å². The van der Waals surface area contributed by atoms with Crippen LogP contribution >= 0.6 is 11.3 Å². The molecule has 3 rings (SSSR count). The molecule has 0 fully saturated rings. The molecule has 0 aliphatic heterocycles. The van der Waals surface area contributed by atoms with E-state index in [0.717, 1.165) is 10.4 Å². The van der Waals surface area contributed by atoms with E-state index in [0.29, 0.717) is 29.4 Å². The van der Waals surface area contributed by atoms with Crippen molar-refractivity contribution in [2.24, 2.45) is 7.05 Å². The van der Waals surface area contributed by atoms with Gasteiger partial charge in [0.2, 0.25) is 0 Å². The summed E-state index contributed by atoms with van der Waals surface area (Å²) in [7, 11) is 5.62. The fraction of sp³-hybridized carbons (Fsp3) is 0.353. The van der Waals surface area contributed by atoms with Crippen molar-refractivity contribution in [3.05, 3.63) is 41.5 Å². The van der Waals surface area contributed by atoms with Crippen molar-refractivity contribution in [1.29, 1.82) is 0 Å². The molecule has 132 valence electrons. The summed E-state index contributed by atoms with van der Waals surface area (Å²) in [5.74, 6) is -0.569. The number of aryl methyl sites for hydroxylation is 2. The van der Waals surface area contributed by atoms with Crippen molar-refractivity contribution >= 4 is 32.6 Å². The predicted molar refractivity (Wildman–Crippen MR) is 97.8 cm³/mol. The van der Waals surface area contributed by atoms with Crippen LogP contribution in [0.4, 0.5) is 9.52 Å². The Labute approximate surface area is 149 Å². The van der Waals surface area contributed by atoms with Crippen LogP contribution in [0.15, 0.2) is 24.3 Å². The zero-order chi connectivity index (χ0) is 18.1. The van der Waals surface area contributed by atoms with E-state index in [-0.39, 0.29) is 11.7 Å². The number of nitrogens with zero attached hydrogens (tertiary/aromatic N) is 5. The van der Waals surface area contributed by atoms with Gasteiger partial charge >= 0.3 is 0 Å². The van der Waals surface area contributed by atoms with Crippen molar-refractivity contribution in [1.82, 2.24) is 19.7 Å². The van der Waals surface area contributed by atoms with Crippen molar-refractivity contribution in [2.45, 2.75) is 6.92 Å². The van der Waals surface area contributed by atoms with Gasteiger partial charge in [-0.3, -0.25) is 14.4 Å². The monoisotopic (exact) mass is 361 g/mol. The van der Waals surface area contributed by atoms with Crippen LogP contribution in [0, 0.1) is 12.7 Å². The molecule has 2 aromatic heterocycles. The Kier molecular flexibility index (Phi) is 4.82. The Hall–Kier alpha value is -2.32. The first-order valence-corrected chi connectivity index (χ1v) is 8.70. The Morgan fingerprint density at radius 2 is 2.08 bits per heavy atom. The summed E-state index contributed by atoms with van der Waals surface area (Å²) in [4.78, 5) is 21.0. The number of amides is 1. The van der Waals surface area contributed by atoms with Gasteiger partial charge in [-0.25, -0.2) is 9.37 Å². The summed E-state index contributed by atoms with van der Waals surface area (Å²) in [5.41, 5.74) is 1.55. The fourth-order valence-corrected chi connectivity index (χ4v) is 3.56. The van der Waals surface area contributed by atoms with Crippen LogP contribution in [0.1, 0.15) is 16.2 Å². The minimum absolute atomic E-state index is 0.190. The number of rotatable bonds is 5. The summed E-state index contributed by atoms with van der Waals surface area (Å²) in [6.07, 6.45) is 0. The van der Waals surface area contributed by atoms with Gasteiger partial charge in [-0.2, -0.15) is 5.10 Å². The number of carbonyl (C=O) groups excluding carboxylic acids is 1. The van der Waals surface area contributed by atoms with Crippen molar-refractivity contribution in [3.63, 3.8) is 0 Å². The average Bonchev–Trinajstić information content (AvgIpc) is 3.11. The molecule has 1 aromatic carbocycles. The number of benzene rings is 1. The Morgan fingerprint density at radius 3 is 2.68 bits per heavy atom. The van der Waals surface area contributed by atoms with Crippen LogP contribution in [0.3, 0.4) is 0 Å². The molecule has 0 bridgehead atoms. The molecule has 0 aliphatic rings. The Morgan fingerprint density at radius 1 is 1.32 bits per heavy atom. The highest BCUT2D eigenvalue weighted by atomic mass is 32.1. The number of carbonyl (C=O) groups is 1. The second kappa shape index (κ2) is 6.89. The normalized spacial score (nSPS) is 11.4. The van der Waals surface area contributed by atoms with Crippen LogP contribution < -0.4 is 4.90 Å². The van der Waals surface area contributed by atoms with Crippen LogP contribution in [-0.2, 0) is 7.05 Å². The van der Waals surface area contributed by atoms with Gasteiger partial charge in [0, 0.05) is 20.1 Å². The number of hydrogen-bond acceptors (Lipinski definition) is 5. The second-order valence-corrected chi connectivity index (χ2v) is 7.15. The third-order valence-electron chi connectivity index (χ3n) is 3.83. The molecule has 25 heavy (non-hydrogen) atoms. The molecule has 0 unspecified atom stereocenters. The summed E-state index contributed by atoms with van der Waals surface area (Å²) in [6.45, 7) is 2.96. The molecule has 2 heterocycles. The number of halogens is 1. The van der Waals surface area contributed by atoms with Gasteiger partial charge in [-0.1, -0.05) is 17.4 Å². The molecule has 3 aromatic rings. The standard InChI is InChI=1S/C17H20FN5OS/c1-11-10-13(22(4)20-11)16(24)23(9-8-21(2)3)17-19-15-12(18)6-5-7-14(15)25-17/h5-7,10H,8-9H2,1-4H3. The van der Waals surface area contributed by atoms with Crippen molar-refractivity contribution < 1.29 is 9.18 Å². The van der Waals surface area contributed by atoms with Gasteiger partial charge < -0.3 is 4.90 Å². The molecular weight excluding hydrogens is 341 g/mol. The summed E-state index contributed by atoms with van der Waals surface area (Å²) >= 11 is 1.31. The van der Waals surface area contributed by atoms with Crippen LogP contribution in [0.2, 0.25) is 0 Å². The molecule has 6 nitrogen and oxygen atoms in total. The molecule has 0 saturated carbocycles. The molecule has 1 amide bonds. The van der Waals surface area contributed by atoms with Crippen molar-refractivity contribution in [2.75, 3.05) is 32.1 Å². The van der Waals surface area contributed by atoms with E-state index in [1.807, 2.05) is 32.0 Å². The Balaban J connectivity index is 2.02. The first-order valence-electron chi connectivity index (χ1n) is 7.89. The number of anilines is 1. The maximum absolute atomic E-state index is 14.0. The maximum Gasteiger partial charge on any atom is 0.278 e. The molecule has 0 radical (unpaired) electrons. The van der Waals surface area contributed by atoms with E-state index in [4.69, 9.17) is 0 Å². The first kappa shape index (κ1) is 17.5. The second-order valence-electron chi connectivity index (χ2n) is 6.14. The number of thiazole rings is 1. The molecule has 8 heteroatoms. The number of fused-ring (bicyclic) bond motifs is 1. The van der Waals surface area contributed by atoms with Crippen LogP contribution in [0.5, 0.6) is 0 Å². The molecule has 0 spiro atoms. The highest BCUT2D eigenvalue weighted by Gasteiger charge is 2.24. The van der Waals surface area contributed by atoms with Gasteiger partial charge in [-0.15, -0.1) is 0 Å². The molecule has 0 aliphatic carbocycles. The maximum atomic E-state index is 14.0. The number of hydrogen-bond donors (Lipinski definition) is 0. The summed E-state index contributed by atoms with van der Waals surface area (Å²) < 4.78 is 16.3. The van der Waals surface area contributed by atoms with Gasteiger partial charge in [0.1, 0.15) is 17.0 Å². The zero-order valence-electron chi connectivity index (χ0n) is 14.7. The third-order valence-corrected chi connectivity index (χ3v) is 4.87. The lowest BCUT2D eigenvalue weighted by Crippen LogP contribution is -2.37. The predicted octanol–water partition coefficient (Wildman–Crippen LogP) is 2.69. The lowest BCUT2D eigenvalue weighted by atomic mass is 10.3. The lowest BCUT2D eigenvalue weighted by Gasteiger charge is -2.21. The topological polar surface area (TPSA) is 54.3 Å². The fourth-order valence-electron chi connectivity index (χ4n) is 2.55. The molecule has 0 atom stereocenters. The van der Waals surface area contributed by atoms with Gasteiger partial charge in [0.25, 0.3) is 5.91 Å². The van der Waals surface area contributed by atoms with Crippen LogP contribution in [0.25, 0.3) is 10.2 Å². The zero-order valence-corrected chi connectivity index (χ0v) is 15.5. The third kappa shape index (κ3) is 3.54. The van der Waals surface area contributed by atoms with Crippen molar-refractivity contribution in [3.8, 4) is 0 Å². The van der Waals surface area contributed by atoms with Crippen LogP contribution in [-0.4, -0.2) is 52.8 Å². The molecular formula is C17H20FN5OS. The largest absolute Gasteiger partial charge is 0.308 e. The number of para-hydroxylation sites is 1. The first-order chi connectivity index (χ1) is 11.9. The summed E-state index contributed by atoms with van der Waals surface area (Å²) in [6, 6.07) is 6.58. The molecule has 0 saturated heterocycles. The van der Waals surface area contributed by atoms with Gasteiger partial charge in [0.15, 0.2) is 5.13 Å². The van der Waals surface area contributed by atoms with Gasteiger partial charge in [-0.05, 0) is 39.2 Å². The quantitative estimate of drug-likeness (QED) is 0.701. The summed E-state index contributed by atoms with van der Waals surface area (Å²) in [5, 5.41) is 4.73. The van der Waals surface area contributed by atoms with E-state index in [1.54, 1.807) is 28.8 Å². The van der Waals surface area contributed by atoms with E-state index in [9.17, 15) is 9.18 Å². The van der Waals surface area contributed by atoms with E-state index in [2.05, 4.69) is 10.1 Å². The minimum atomic E-state index is -0.378. The highest BCUT2D eigenvalue weighted by Crippen LogP contribution is 2.31. The van der Waals surface area contributed by atoms with E-state index >= 15 is 0 Å².